The van der Waals surface area contributed by atoms with E-state index in [2.05, 4.69) is 10.3 Å². The van der Waals surface area contributed by atoms with Crippen molar-refractivity contribution in [2.24, 2.45) is 0 Å². The first kappa shape index (κ1) is 8.51. The second-order valence-corrected chi connectivity index (χ2v) is 3.27. The van der Waals surface area contributed by atoms with Crippen molar-refractivity contribution in [3.05, 3.63) is 24.5 Å². The molecular weight excluding hydrogens is 164 g/mol. The van der Waals surface area contributed by atoms with Crippen LogP contribution in [0.4, 0.5) is 0 Å². The summed E-state index contributed by atoms with van der Waals surface area (Å²) in [4.78, 5) is 3.94. The Kier molecular flexibility index (Phi) is 2.77. The molecule has 1 N–H and O–H groups in total. The molecule has 1 aliphatic rings. The van der Waals surface area contributed by atoms with Gasteiger partial charge in [0.25, 0.3) is 0 Å². The fourth-order valence-electron chi connectivity index (χ4n) is 1.53. The summed E-state index contributed by atoms with van der Waals surface area (Å²) < 4.78 is 5.75. The zero-order valence-corrected chi connectivity index (χ0v) is 7.57. The lowest BCUT2D eigenvalue weighted by molar-refractivity contribution is 0.167. The van der Waals surface area contributed by atoms with E-state index in [9.17, 15) is 0 Å². The van der Waals surface area contributed by atoms with E-state index in [1.807, 2.05) is 12.1 Å². The van der Waals surface area contributed by atoms with Crippen molar-refractivity contribution in [3.63, 3.8) is 0 Å². The Labute approximate surface area is 78.1 Å². The van der Waals surface area contributed by atoms with Crippen LogP contribution in [0.2, 0.25) is 0 Å². The molecule has 1 aliphatic heterocycles. The Morgan fingerprint density at radius 3 is 2.92 bits per heavy atom. The maximum Gasteiger partial charge on any atom is 0.122 e. The summed E-state index contributed by atoms with van der Waals surface area (Å²) in [5.74, 6) is 0.920. The molecule has 1 unspecified atom stereocenters. The third-order valence-corrected chi connectivity index (χ3v) is 2.20. The second kappa shape index (κ2) is 4.23. The van der Waals surface area contributed by atoms with Crippen LogP contribution in [0.5, 0.6) is 5.75 Å². The smallest absolute Gasteiger partial charge is 0.122 e. The molecule has 3 nitrogen and oxygen atoms in total. The molecule has 0 bridgehead atoms. The molecule has 0 amide bonds. The van der Waals surface area contributed by atoms with E-state index in [1.165, 1.54) is 6.42 Å². The molecule has 13 heavy (non-hydrogen) atoms. The topological polar surface area (TPSA) is 34.1 Å². The predicted octanol–water partition coefficient (Wildman–Crippen LogP) is 1.21. The molecule has 2 heterocycles. The summed E-state index contributed by atoms with van der Waals surface area (Å²) in [6.07, 6.45) is 6.19. The van der Waals surface area contributed by atoms with Crippen LogP contribution in [0.25, 0.3) is 0 Å². The number of nitrogens with one attached hydrogen (secondary N) is 1. The number of ether oxygens (including phenoxy) is 1. The van der Waals surface area contributed by atoms with Gasteiger partial charge >= 0.3 is 0 Å². The van der Waals surface area contributed by atoms with Gasteiger partial charge in [-0.05, 0) is 31.5 Å². The summed E-state index contributed by atoms with van der Waals surface area (Å²) in [6.45, 7) is 2.08. The Balaban J connectivity index is 1.90. The van der Waals surface area contributed by atoms with Gasteiger partial charge in [0.05, 0.1) is 0 Å². The molecule has 0 aromatic carbocycles. The number of piperidine rings is 1. The van der Waals surface area contributed by atoms with E-state index < -0.39 is 0 Å². The molecule has 2 rings (SSSR count). The molecule has 0 spiro atoms. The number of pyridine rings is 1. The Hall–Kier alpha value is -1.09. The van der Waals surface area contributed by atoms with Gasteiger partial charge in [-0.2, -0.15) is 0 Å². The van der Waals surface area contributed by atoms with Gasteiger partial charge in [-0.15, -0.1) is 0 Å². The third kappa shape index (κ3) is 2.42. The van der Waals surface area contributed by atoms with E-state index in [1.54, 1.807) is 12.4 Å². The average molecular weight is 178 g/mol. The molecular formula is C10H14N2O. The quantitative estimate of drug-likeness (QED) is 0.739. The summed E-state index contributed by atoms with van der Waals surface area (Å²) in [5.41, 5.74) is 0. The van der Waals surface area contributed by atoms with E-state index in [0.717, 1.165) is 25.3 Å². The first-order chi connectivity index (χ1) is 6.45. The van der Waals surface area contributed by atoms with Gasteiger partial charge in [-0.1, -0.05) is 0 Å². The highest BCUT2D eigenvalue weighted by Gasteiger charge is 2.13. The van der Waals surface area contributed by atoms with Gasteiger partial charge in [-0.25, -0.2) is 0 Å². The third-order valence-electron chi connectivity index (χ3n) is 2.20. The summed E-state index contributed by atoms with van der Waals surface area (Å²) in [5, 5.41) is 3.31. The summed E-state index contributed by atoms with van der Waals surface area (Å²) in [6, 6.07) is 3.79. The molecule has 1 fully saturated rings. The number of hydrogen-bond donors (Lipinski definition) is 1. The monoisotopic (exact) mass is 178 g/mol. The lowest BCUT2D eigenvalue weighted by Gasteiger charge is -2.23. The summed E-state index contributed by atoms with van der Waals surface area (Å²) in [7, 11) is 0. The normalized spacial score (nSPS) is 22.6. The van der Waals surface area contributed by atoms with Crippen LogP contribution in [0.1, 0.15) is 12.8 Å². The Morgan fingerprint density at radius 1 is 1.38 bits per heavy atom. The van der Waals surface area contributed by atoms with E-state index in [4.69, 9.17) is 4.74 Å². The predicted molar refractivity (Wildman–Crippen MR) is 50.8 cm³/mol. The number of rotatable bonds is 2. The van der Waals surface area contributed by atoms with Crippen molar-refractivity contribution in [1.29, 1.82) is 0 Å². The highest BCUT2D eigenvalue weighted by molar-refractivity contribution is 5.17. The SMILES string of the molecule is c1cc(OC2CCCNC2)ccn1. The molecule has 1 saturated heterocycles. The maximum absolute atomic E-state index is 5.75. The van der Waals surface area contributed by atoms with Crippen LogP contribution >= 0.6 is 0 Å². The molecule has 1 atom stereocenters. The highest BCUT2D eigenvalue weighted by Crippen LogP contribution is 2.13. The molecule has 0 aliphatic carbocycles. The van der Waals surface area contributed by atoms with Crippen LogP contribution in [0.3, 0.4) is 0 Å². The van der Waals surface area contributed by atoms with E-state index in [-0.39, 0.29) is 0 Å². The summed E-state index contributed by atoms with van der Waals surface area (Å²) >= 11 is 0. The molecule has 1 aromatic heterocycles. The fourth-order valence-corrected chi connectivity index (χ4v) is 1.53. The van der Waals surface area contributed by atoms with Crippen LogP contribution in [-0.2, 0) is 0 Å². The van der Waals surface area contributed by atoms with Crippen LogP contribution in [0.15, 0.2) is 24.5 Å². The Bertz CT molecular complexity index is 244. The standard InChI is InChI=1S/C10H14N2O/c1-2-10(8-12-5-1)13-9-3-6-11-7-4-9/h3-4,6-7,10,12H,1-2,5,8H2. The van der Waals surface area contributed by atoms with Crippen molar-refractivity contribution >= 4 is 0 Å². The van der Waals surface area contributed by atoms with Gasteiger partial charge in [0.1, 0.15) is 11.9 Å². The average Bonchev–Trinajstić information content (AvgIpc) is 2.21. The minimum atomic E-state index is 0.330. The zero-order valence-electron chi connectivity index (χ0n) is 7.57. The maximum atomic E-state index is 5.75. The molecule has 70 valence electrons. The minimum Gasteiger partial charge on any atom is -0.489 e. The van der Waals surface area contributed by atoms with Crippen LogP contribution in [-0.4, -0.2) is 24.2 Å². The Morgan fingerprint density at radius 2 is 2.23 bits per heavy atom. The largest absolute Gasteiger partial charge is 0.489 e. The van der Waals surface area contributed by atoms with Gasteiger partial charge in [-0.3, -0.25) is 4.98 Å². The number of aromatic nitrogens is 1. The lowest BCUT2D eigenvalue weighted by Crippen LogP contribution is -2.37. The highest BCUT2D eigenvalue weighted by atomic mass is 16.5. The van der Waals surface area contributed by atoms with Crippen molar-refractivity contribution in [2.45, 2.75) is 18.9 Å². The second-order valence-electron chi connectivity index (χ2n) is 3.27. The van der Waals surface area contributed by atoms with Crippen molar-refractivity contribution in [3.8, 4) is 5.75 Å². The van der Waals surface area contributed by atoms with E-state index >= 15 is 0 Å². The van der Waals surface area contributed by atoms with Gasteiger partial charge in [0, 0.05) is 18.9 Å². The minimum absolute atomic E-state index is 0.330. The van der Waals surface area contributed by atoms with Crippen molar-refractivity contribution < 1.29 is 4.74 Å². The van der Waals surface area contributed by atoms with Crippen LogP contribution in [0, 0.1) is 0 Å². The first-order valence-electron chi connectivity index (χ1n) is 4.72. The molecule has 0 saturated carbocycles. The molecule has 3 heteroatoms. The fraction of sp³-hybridized carbons (Fsp3) is 0.500. The molecule has 0 radical (unpaired) electrons. The van der Waals surface area contributed by atoms with Crippen LogP contribution < -0.4 is 10.1 Å². The molecule has 1 aromatic rings. The van der Waals surface area contributed by atoms with Gasteiger partial charge in [0.2, 0.25) is 0 Å². The van der Waals surface area contributed by atoms with E-state index in [0.29, 0.717) is 6.10 Å². The number of hydrogen-bond acceptors (Lipinski definition) is 3. The zero-order chi connectivity index (χ0) is 8.93. The lowest BCUT2D eigenvalue weighted by atomic mass is 10.1. The van der Waals surface area contributed by atoms with Gasteiger partial charge < -0.3 is 10.1 Å². The van der Waals surface area contributed by atoms with Crippen molar-refractivity contribution in [1.82, 2.24) is 10.3 Å². The van der Waals surface area contributed by atoms with Crippen molar-refractivity contribution in [2.75, 3.05) is 13.1 Å². The van der Waals surface area contributed by atoms with Gasteiger partial charge in [0.15, 0.2) is 0 Å². The first-order valence-corrected chi connectivity index (χ1v) is 4.72. The number of nitrogens with zero attached hydrogens (tertiary/aromatic N) is 1.